The van der Waals surface area contributed by atoms with Crippen molar-refractivity contribution in [2.75, 3.05) is 43.5 Å². The van der Waals surface area contributed by atoms with E-state index in [9.17, 15) is 19.2 Å². The predicted octanol–water partition coefficient (Wildman–Crippen LogP) is 3.62. The fourth-order valence-electron chi connectivity index (χ4n) is 4.37. The summed E-state index contributed by atoms with van der Waals surface area (Å²) in [5.41, 5.74) is -0.241. The van der Waals surface area contributed by atoms with Crippen LogP contribution in [0.4, 0.5) is 16.3 Å². The van der Waals surface area contributed by atoms with E-state index in [2.05, 4.69) is 25.8 Å². The maximum Gasteiger partial charge on any atom is 0.410 e. The first-order valence-electron chi connectivity index (χ1n) is 13.7. The summed E-state index contributed by atoms with van der Waals surface area (Å²) in [7, 11) is 1.23. The molecule has 228 valence electrons. The first-order valence-corrected chi connectivity index (χ1v) is 14.1. The van der Waals surface area contributed by atoms with E-state index in [1.165, 1.54) is 37.6 Å². The molecule has 0 radical (unpaired) electrons. The summed E-state index contributed by atoms with van der Waals surface area (Å²) in [5.74, 6) is -1.22. The molecule has 4 rings (SSSR count). The lowest BCUT2D eigenvalue weighted by Crippen LogP contribution is -2.39. The largest absolute Gasteiger partial charge is 0.465 e. The Bertz CT molecular complexity index is 1440. The number of allylic oxidation sites excluding steroid dienone is 1. The molecule has 43 heavy (non-hydrogen) atoms. The number of anilines is 2. The zero-order valence-corrected chi connectivity index (χ0v) is 25.2. The van der Waals surface area contributed by atoms with Crippen molar-refractivity contribution in [2.45, 2.75) is 45.4 Å². The van der Waals surface area contributed by atoms with Crippen LogP contribution in [0, 0.1) is 0 Å². The van der Waals surface area contributed by atoms with Crippen LogP contribution < -0.4 is 15.5 Å². The van der Waals surface area contributed by atoms with Gasteiger partial charge in [-0.05, 0) is 57.5 Å². The fourth-order valence-corrected chi connectivity index (χ4v) is 4.52. The summed E-state index contributed by atoms with van der Waals surface area (Å²) in [5, 5.41) is 14.2. The van der Waals surface area contributed by atoms with Crippen LogP contribution in [0.2, 0.25) is 0 Å². The molecule has 1 aromatic heterocycles. The van der Waals surface area contributed by atoms with E-state index in [1.807, 2.05) is 25.7 Å². The van der Waals surface area contributed by atoms with Gasteiger partial charge < -0.3 is 29.9 Å². The number of dihydropyridines is 1. The summed E-state index contributed by atoms with van der Waals surface area (Å²) in [6.45, 7) is 7.65. The molecule has 2 aliphatic rings. The van der Waals surface area contributed by atoms with Gasteiger partial charge in [0.05, 0.1) is 29.0 Å². The van der Waals surface area contributed by atoms with E-state index < -0.39 is 29.6 Å². The molecule has 0 spiro atoms. The fraction of sp³-hybridized carbons (Fsp3) is 0.414. The summed E-state index contributed by atoms with van der Waals surface area (Å²) >= 11 is 5.91. The Morgan fingerprint density at radius 2 is 1.79 bits per heavy atom. The van der Waals surface area contributed by atoms with Crippen LogP contribution in [0.3, 0.4) is 0 Å². The number of esters is 1. The number of amides is 3. The number of nitrogens with one attached hydrogen (secondary N) is 2. The second kappa shape index (κ2) is 13.6. The lowest BCUT2D eigenvalue weighted by molar-refractivity contribution is 0.0263. The van der Waals surface area contributed by atoms with Crippen LogP contribution in [0.15, 0.2) is 46.4 Å². The van der Waals surface area contributed by atoms with Crippen molar-refractivity contribution >= 4 is 53.2 Å². The first-order chi connectivity index (χ1) is 20.4. The van der Waals surface area contributed by atoms with Crippen molar-refractivity contribution in [2.24, 2.45) is 4.99 Å². The maximum absolute atomic E-state index is 13.2. The SMILES string of the molecule is COC(=O)c1ccc(C(=O)NC2CC=C(Cl)C=N2)c(NC(=O)c2ccc(N3CCCN(C(=O)OC(C)(C)C)CC3)nn2)c1. The van der Waals surface area contributed by atoms with E-state index in [0.29, 0.717) is 49.9 Å². The number of nitrogens with zero attached hydrogens (tertiary/aromatic N) is 5. The number of carbonyl (C=O) groups excluding carboxylic acids is 4. The van der Waals surface area contributed by atoms with Crippen LogP contribution in [0.25, 0.3) is 0 Å². The molecule has 3 amide bonds. The average Bonchev–Trinajstić information content (AvgIpc) is 3.24. The quantitative estimate of drug-likeness (QED) is 0.466. The number of aliphatic imine (C=N–C) groups is 1. The number of aromatic nitrogens is 2. The molecule has 0 saturated carbocycles. The molecule has 1 unspecified atom stereocenters. The minimum atomic E-state index is -0.633. The van der Waals surface area contributed by atoms with E-state index in [-0.39, 0.29) is 28.6 Å². The van der Waals surface area contributed by atoms with Crippen molar-refractivity contribution < 1.29 is 28.7 Å². The third kappa shape index (κ3) is 8.51. The second-order valence-corrected chi connectivity index (χ2v) is 11.3. The minimum absolute atomic E-state index is 0.000410. The van der Waals surface area contributed by atoms with Gasteiger partial charge in [0.25, 0.3) is 11.8 Å². The summed E-state index contributed by atoms with van der Waals surface area (Å²) in [6.07, 6.45) is 3.40. The third-order valence-electron chi connectivity index (χ3n) is 6.50. The molecule has 13 nitrogen and oxygen atoms in total. The summed E-state index contributed by atoms with van der Waals surface area (Å²) < 4.78 is 10.3. The number of methoxy groups -OCH3 is 1. The van der Waals surface area contributed by atoms with Gasteiger partial charge >= 0.3 is 12.1 Å². The number of halogens is 1. The van der Waals surface area contributed by atoms with Gasteiger partial charge in [0.1, 0.15) is 11.8 Å². The van der Waals surface area contributed by atoms with Crippen LogP contribution >= 0.6 is 11.6 Å². The monoisotopic (exact) mass is 611 g/mol. The number of ether oxygens (including phenoxy) is 2. The highest BCUT2D eigenvalue weighted by molar-refractivity contribution is 6.39. The highest BCUT2D eigenvalue weighted by atomic mass is 35.5. The van der Waals surface area contributed by atoms with Crippen molar-refractivity contribution in [3.8, 4) is 0 Å². The van der Waals surface area contributed by atoms with Gasteiger partial charge in [-0.3, -0.25) is 14.6 Å². The van der Waals surface area contributed by atoms with E-state index in [4.69, 9.17) is 21.1 Å². The Morgan fingerprint density at radius 3 is 2.44 bits per heavy atom. The lowest BCUT2D eigenvalue weighted by atomic mass is 10.1. The zero-order chi connectivity index (χ0) is 31.1. The maximum atomic E-state index is 13.2. The highest BCUT2D eigenvalue weighted by Crippen LogP contribution is 2.22. The van der Waals surface area contributed by atoms with Crippen LogP contribution in [-0.2, 0) is 9.47 Å². The van der Waals surface area contributed by atoms with E-state index in [0.717, 1.165) is 0 Å². The molecule has 3 heterocycles. The zero-order valence-electron chi connectivity index (χ0n) is 24.4. The molecule has 2 N–H and O–H groups in total. The lowest BCUT2D eigenvalue weighted by Gasteiger charge is -2.26. The third-order valence-corrected chi connectivity index (χ3v) is 6.75. The van der Waals surface area contributed by atoms with Gasteiger partial charge in [0, 0.05) is 38.8 Å². The molecule has 14 heteroatoms. The Kier molecular flexibility index (Phi) is 9.96. The Labute approximate surface area is 254 Å². The molecule has 2 aliphatic heterocycles. The van der Waals surface area contributed by atoms with Crippen LogP contribution in [-0.4, -0.2) is 90.2 Å². The van der Waals surface area contributed by atoms with Crippen molar-refractivity contribution in [3.63, 3.8) is 0 Å². The number of carbonyl (C=O) groups is 4. The molecule has 1 saturated heterocycles. The average molecular weight is 612 g/mol. The van der Waals surface area contributed by atoms with E-state index >= 15 is 0 Å². The molecule has 0 aliphatic carbocycles. The first kappa shape index (κ1) is 31.4. The molecular weight excluding hydrogens is 578 g/mol. The molecule has 1 atom stereocenters. The minimum Gasteiger partial charge on any atom is -0.465 e. The Balaban J connectivity index is 1.45. The number of hydrogen-bond acceptors (Lipinski definition) is 10. The van der Waals surface area contributed by atoms with Crippen LogP contribution in [0.1, 0.15) is 64.8 Å². The molecular formula is C29H34ClN7O6. The summed E-state index contributed by atoms with van der Waals surface area (Å²) in [6, 6.07) is 7.39. The van der Waals surface area contributed by atoms with Gasteiger partial charge in [-0.15, -0.1) is 10.2 Å². The van der Waals surface area contributed by atoms with Gasteiger partial charge in [0.15, 0.2) is 11.5 Å². The Hall–Kier alpha value is -4.52. The normalized spacial score (nSPS) is 17.0. The standard InChI is InChI=1S/C29H34ClN7O6/c1-29(2,3)43-28(41)37-13-5-12-36(14-15-37)24-11-9-21(34-35-24)26(39)32-22-16-18(27(40)42-4)6-8-20(22)25(38)33-23-10-7-19(30)17-31-23/h6-9,11,16-17,23H,5,10,12-15H2,1-4H3,(H,32,39)(H,33,38). The second-order valence-electron chi connectivity index (χ2n) is 10.9. The van der Waals surface area contributed by atoms with Crippen molar-refractivity contribution in [3.05, 3.63) is 58.3 Å². The van der Waals surface area contributed by atoms with Gasteiger partial charge in [-0.2, -0.15) is 0 Å². The number of rotatable bonds is 6. The topological polar surface area (TPSA) is 155 Å². The van der Waals surface area contributed by atoms with E-state index in [1.54, 1.807) is 17.0 Å². The van der Waals surface area contributed by atoms with Gasteiger partial charge in [-0.1, -0.05) is 17.7 Å². The summed E-state index contributed by atoms with van der Waals surface area (Å²) in [4.78, 5) is 58.7. The van der Waals surface area contributed by atoms with Gasteiger partial charge in [0.2, 0.25) is 0 Å². The van der Waals surface area contributed by atoms with Crippen molar-refractivity contribution in [1.29, 1.82) is 0 Å². The predicted molar refractivity (Wildman–Crippen MR) is 161 cm³/mol. The smallest absolute Gasteiger partial charge is 0.410 e. The molecule has 2 aromatic rings. The number of benzene rings is 1. The number of hydrogen-bond donors (Lipinski definition) is 2. The van der Waals surface area contributed by atoms with Crippen molar-refractivity contribution in [1.82, 2.24) is 20.4 Å². The molecule has 0 bridgehead atoms. The van der Waals surface area contributed by atoms with Crippen LogP contribution in [0.5, 0.6) is 0 Å². The Morgan fingerprint density at radius 1 is 1.00 bits per heavy atom. The molecule has 1 fully saturated rings. The molecule has 1 aromatic carbocycles. The van der Waals surface area contributed by atoms with Gasteiger partial charge in [-0.25, -0.2) is 9.59 Å². The highest BCUT2D eigenvalue weighted by Gasteiger charge is 2.26.